The topological polar surface area (TPSA) is 29.5 Å². The number of phenols is 1. The van der Waals surface area contributed by atoms with Crippen LogP contribution in [0, 0.1) is 20.8 Å². The third-order valence-electron chi connectivity index (χ3n) is 3.54. The van der Waals surface area contributed by atoms with Crippen LogP contribution in [0.25, 0.3) is 0 Å². The van der Waals surface area contributed by atoms with Gasteiger partial charge in [-0.3, -0.25) is 0 Å². The second-order valence-electron chi connectivity index (χ2n) is 5.10. The van der Waals surface area contributed by atoms with Crippen molar-refractivity contribution in [3.63, 3.8) is 0 Å². The van der Waals surface area contributed by atoms with Crippen LogP contribution >= 0.6 is 15.9 Å². The lowest BCUT2D eigenvalue weighted by Crippen LogP contribution is -2.01. The van der Waals surface area contributed by atoms with Crippen LogP contribution in [-0.2, 0) is 0 Å². The average molecular weight is 329 g/mol. The summed E-state index contributed by atoms with van der Waals surface area (Å²) in [6.45, 7) is 6.61. The molecule has 2 nitrogen and oxygen atoms in total. The largest absolute Gasteiger partial charge is 0.507 e. The number of unbranched alkanes of at least 4 members (excludes halogenated alkanes) is 4. The van der Waals surface area contributed by atoms with Crippen molar-refractivity contribution in [1.29, 1.82) is 0 Å². The van der Waals surface area contributed by atoms with Gasteiger partial charge in [-0.15, -0.1) is 0 Å². The fourth-order valence-electron chi connectivity index (χ4n) is 2.09. The van der Waals surface area contributed by atoms with Crippen LogP contribution in [0.2, 0.25) is 0 Å². The van der Waals surface area contributed by atoms with Crippen molar-refractivity contribution in [2.45, 2.75) is 52.9 Å². The lowest BCUT2D eigenvalue weighted by molar-refractivity contribution is 0.301. The molecule has 0 amide bonds. The van der Waals surface area contributed by atoms with Gasteiger partial charge in [-0.1, -0.05) is 35.2 Å². The van der Waals surface area contributed by atoms with Crippen molar-refractivity contribution in [2.75, 3.05) is 11.9 Å². The number of ether oxygens (including phenoxy) is 1. The summed E-state index contributed by atoms with van der Waals surface area (Å²) in [7, 11) is 0. The fourth-order valence-corrected chi connectivity index (χ4v) is 2.49. The van der Waals surface area contributed by atoms with Crippen LogP contribution in [0.4, 0.5) is 0 Å². The highest BCUT2D eigenvalue weighted by Crippen LogP contribution is 2.32. The van der Waals surface area contributed by atoms with Crippen LogP contribution in [-0.4, -0.2) is 17.0 Å². The molecule has 0 heterocycles. The van der Waals surface area contributed by atoms with E-state index in [0.717, 1.165) is 40.8 Å². The highest BCUT2D eigenvalue weighted by molar-refractivity contribution is 9.09. The first-order chi connectivity index (χ1) is 9.07. The van der Waals surface area contributed by atoms with E-state index in [4.69, 9.17) is 4.74 Å². The fraction of sp³-hybridized carbons (Fsp3) is 0.625. The minimum absolute atomic E-state index is 0.389. The molecular weight excluding hydrogens is 304 g/mol. The quantitative estimate of drug-likeness (QED) is 0.535. The molecule has 0 saturated carbocycles. The van der Waals surface area contributed by atoms with Crippen molar-refractivity contribution < 1.29 is 9.84 Å². The molecule has 0 unspecified atom stereocenters. The standard InChI is InChI=1S/C16H25BrO2/c1-12-11-15(13(2)14(3)16(12)18)19-10-8-6-4-5-7-9-17/h11,18H,4-10H2,1-3H3. The minimum Gasteiger partial charge on any atom is -0.507 e. The Kier molecular flexibility index (Phi) is 7.29. The van der Waals surface area contributed by atoms with Gasteiger partial charge < -0.3 is 9.84 Å². The molecule has 1 rings (SSSR count). The van der Waals surface area contributed by atoms with Gasteiger partial charge in [0.25, 0.3) is 0 Å². The predicted molar refractivity (Wildman–Crippen MR) is 84.7 cm³/mol. The zero-order chi connectivity index (χ0) is 14.3. The van der Waals surface area contributed by atoms with Gasteiger partial charge in [-0.05, 0) is 56.4 Å². The molecule has 0 fully saturated rings. The van der Waals surface area contributed by atoms with Gasteiger partial charge in [0, 0.05) is 5.33 Å². The van der Waals surface area contributed by atoms with E-state index in [1.54, 1.807) is 0 Å². The second kappa shape index (κ2) is 8.47. The number of hydrogen-bond acceptors (Lipinski definition) is 2. The maximum absolute atomic E-state index is 9.84. The molecule has 0 aromatic heterocycles. The summed E-state index contributed by atoms with van der Waals surface area (Å²) in [6.07, 6.45) is 6.16. The Hall–Kier alpha value is -0.700. The molecule has 0 atom stereocenters. The van der Waals surface area contributed by atoms with Gasteiger partial charge in [0.05, 0.1) is 6.61 Å². The van der Waals surface area contributed by atoms with E-state index in [0.29, 0.717) is 5.75 Å². The Morgan fingerprint density at radius 1 is 1.00 bits per heavy atom. The SMILES string of the molecule is Cc1cc(OCCCCCCCBr)c(C)c(C)c1O. The molecule has 1 N–H and O–H groups in total. The van der Waals surface area contributed by atoms with E-state index in [-0.39, 0.29) is 0 Å². The predicted octanol–water partition coefficient (Wildman–Crippen LogP) is 5.04. The molecule has 108 valence electrons. The van der Waals surface area contributed by atoms with Gasteiger partial charge in [0.15, 0.2) is 0 Å². The first-order valence-electron chi connectivity index (χ1n) is 7.06. The van der Waals surface area contributed by atoms with E-state index in [1.165, 1.54) is 25.7 Å². The molecule has 1 aromatic carbocycles. The minimum atomic E-state index is 0.389. The highest BCUT2D eigenvalue weighted by Gasteiger charge is 2.09. The molecule has 0 bridgehead atoms. The first kappa shape index (κ1) is 16.4. The summed E-state index contributed by atoms with van der Waals surface area (Å²) in [6, 6.07) is 1.93. The van der Waals surface area contributed by atoms with Gasteiger partial charge in [-0.2, -0.15) is 0 Å². The van der Waals surface area contributed by atoms with E-state index >= 15 is 0 Å². The van der Waals surface area contributed by atoms with E-state index in [1.807, 2.05) is 26.8 Å². The van der Waals surface area contributed by atoms with Gasteiger partial charge >= 0.3 is 0 Å². The Bertz CT molecular complexity index is 402. The van der Waals surface area contributed by atoms with Crippen molar-refractivity contribution in [3.8, 4) is 11.5 Å². The Morgan fingerprint density at radius 2 is 1.63 bits per heavy atom. The van der Waals surface area contributed by atoms with E-state index in [9.17, 15) is 5.11 Å². The molecule has 0 saturated heterocycles. The summed E-state index contributed by atoms with van der Waals surface area (Å²) >= 11 is 3.44. The molecule has 0 radical (unpaired) electrons. The number of hydrogen-bond donors (Lipinski definition) is 1. The summed E-state index contributed by atoms with van der Waals surface area (Å²) in [5.41, 5.74) is 2.85. The average Bonchev–Trinajstić information content (AvgIpc) is 2.41. The molecule has 3 heteroatoms. The zero-order valence-electron chi connectivity index (χ0n) is 12.3. The molecule has 0 aliphatic heterocycles. The molecular formula is C16H25BrO2. The number of halogens is 1. The lowest BCUT2D eigenvalue weighted by Gasteiger charge is -2.14. The van der Waals surface area contributed by atoms with Crippen molar-refractivity contribution in [2.24, 2.45) is 0 Å². The third-order valence-corrected chi connectivity index (χ3v) is 4.10. The number of phenolic OH excluding ortho intramolecular Hbond substituents is 1. The molecule has 0 aliphatic rings. The monoisotopic (exact) mass is 328 g/mol. The molecule has 0 aliphatic carbocycles. The molecule has 0 spiro atoms. The number of aromatic hydroxyl groups is 1. The smallest absolute Gasteiger partial charge is 0.122 e. The molecule has 19 heavy (non-hydrogen) atoms. The normalized spacial score (nSPS) is 10.7. The zero-order valence-corrected chi connectivity index (χ0v) is 13.8. The van der Waals surface area contributed by atoms with Crippen molar-refractivity contribution in [1.82, 2.24) is 0 Å². The second-order valence-corrected chi connectivity index (χ2v) is 5.89. The summed E-state index contributed by atoms with van der Waals surface area (Å²) in [5.74, 6) is 1.30. The third kappa shape index (κ3) is 5.06. The lowest BCUT2D eigenvalue weighted by atomic mass is 10.0. The van der Waals surface area contributed by atoms with Crippen LogP contribution < -0.4 is 4.74 Å². The highest BCUT2D eigenvalue weighted by atomic mass is 79.9. The van der Waals surface area contributed by atoms with E-state index in [2.05, 4.69) is 15.9 Å². The van der Waals surface area contributed by atoms with Gasteiger partial charge in [-0.25, -0.2) is 0 Å². The Labute approximate surface area is 125 Å². The number of alkyl halides is 1. The van der Waals surface area contributed by atoms with Crippen molar-refractivity contribution >= 4 is 15.9 Å². The maximum atomic E-state index is 9.84. The number of aryl methyl sites for hydroxylation is 1. The van der Waals surface area contributed by atoms with Crippen LogP contribution in [0.5, 0.6) is 11.5 Å². The van der Waals surface area contributed by atoms with Crippen LogP contribution in [0.15, 0.2) is 6.07 Å². The van der Waals surface area contributed by atoms with Crippen LogP contribution in [0.3, 0.4) is 0 Å². The molecule has 1 aromatic rings. The summed E-state index contributed by atoms with van der Waals surface area (Å²) in [4.78, 5) is 0. The number of rotatable bonds is 8. The Balaban J connectivity index is 2.38. The van der Waals surface area contributed by atoms with Crippen LogP contribution in [0.1, 0.15) is 48.8 Å². The summed E-state index contributed by atoms with van der Waals surface area (Å²) < 4.78 is 5.84. The van der Waals surface area contributed by atoms with Gasteiger partial charge in [0.1, 0.15) is 11.5 Å². The van der Waals surface area contributed by atoms with Crippen molar-refractivity contribution in [3.05, 3.63) is 22.8 Å². The maximum Gasteiger partial charge on any atom is 0.122 e. The Morgan fingerprint density at radius 3 is 2.32 bits per heavy atom. The number of benzene rings is 1. The summed E-state index contributed by atoms with van der Waals surface area (Å²) in [5, 5.41) is 11.0. The first-order valence-corrected chi connectivity index (χ1v) is 8.18. The van der Waals surface area contributed by atoms with E-state index < -0.39 is 0 Å². The van der Waals surface area contributed by atoms with Gasteiger partial charge in [0.2, 0.25) is 0 Å².